The van der Waals surface area contributed by atoms with E-state index in [1.165, 1.54) is 0 Å². The first-order valence-electron chi connectivity index (χ1n) is 17.1. The zero-order valence-electron chi connectivity index (χ0n) is 28.7. The number of halogens is 2. The van der Waals surface area contributed by atoms with Crippen molar-refractivity contribution in [1.29, 1.82) is 0 Å². The van der Waals surface area contributed by atoms with Crippen LogP contribution in [-0.4, -0.2) is 56.7 Å². The van der Waals surface area contributed by atoms with Gasteiger partial charge in [-0.1, -0.05) is 65.7 Å². The van der Waals surface area contributed by atoms with E-state index in [4.69, 9.17) is 32.9 Å². The molecule has 1 aliphatic carbocycles. The average molecular weight is 728 g/mol. The van der Waals surface area contributed by atoms with Gasteiger partial charge < -0.3 is 25.8 Å². The molecule has 1 atom stereocenters. The molecule has 1 aliphatic heterocycles. The largest absolute Gasteiger partial charge is 0.481 e. The minimum absolute atomic E-state index is 0.0939. The van der Waals surface area contributed by atoms with Crippen molar-refractivity contribution in [2.24, 2.45) is 0 Å². The van der Waals surface area contributed by atoms with Crippen LogP contribution in [-0.2, 0) is 17.9 Å². The second-order valence-corrected chi connectivity index (χ2v) is 14.5. The number of pyridine rings is 2. The lowest BCUT2D eigenvalue weighted by molar-refractivity contribution is -0.119. The highest BCUT2D eigenvalue weighted by atomic mass is 35.5. The molecule has 10 nitrogen and oxygen atoms in total. The smallest absolute Gasteiger partial charge is 0.262 e. The zero-order chi connectivity index (χ0) is 35.9. The Balaban J connectivity index is 1.14. The standard InChI is InChI=1S/C39H40Cl2N6O4/c1-22-14-24(15-33-44-20-25(38(49)47(22)33)19-43-27-16-39(2,50)17-27)28-6-4-7-29(35(28)40)30-8-5-9-31(36(30)41)32-12-10-23(37(46-32)51-3)18-42-21-26-11-13-34(48)45-26/h4-10,12,14-15,20,26-27,42-43,50H,11,13,16-19,21H2,1-3H3,(H,45,48)/t26-,27?,39?/m0/s1. The molecule has 0 unspecified atom stereocenters. The van der Waals surface area contributed by atoms with Crippen LogP contribution in [0.4, 0.5) is 0 Å². The maximum atomic E-state index is 13.5. The van der Waals surface area contributed by atoms with E-state index >= 15 is 0 Å². The molecule has 2 fully saturated rings. The molecule has 1 amide bonds. The molecular weight excluding hydrogens is 687 g/mol. The van der Waals surface area contributed by atoms with E-state index in [2.05, 4.69) is 20.9 Å². The number of aryl methyl sites for hydroxylation is 1. The summed E-state index contributed by atoms with van der Waals surface area (Å²) in [5.74, 6) is 0.587. The third-order valence-electron chi connectivity index (χ3n) is 9.81. The van der Waals surface area contributed by atoms with Gasteiger partial charge in [0.2, 0.25) is 11.8 Å². The second-order valence-electron chi connectivity index (χ2n) is 13.8. The molecule has 2 aromatic carbocycles. The van der Waals surface area contributed by atoms with Crippen molar-refractivity contribution < 1.29 is 14.6 Å². The van der Waals surface area contributed by atoms with Crippen LogP contribution in [0.15, 0.2) is 71.7 Å². The van der Waals surface area contributed by atoms with Crippen molar-refractivity contribution in [2.75, 3.05) is 13.7 Å². The first-order chi connectivity index (χ1) is 24.5. The number of amides is 1. The molecule has 1 saturated carbocycles. The highest BCUT2D eigenvalue weighted by Crippen LogP contribution is 2.42. The Hall–Kier alpha value is -4.32. The number of aliphatic hydroxyl groups is 1. The van der Waals surface area contributed by atoms with E-state index in [0.717, 1.165) is 45.5 Å². The molecule has 12 heteroatoms. The lowest BCUT2D eigenvalue weighted by Crippen LogP contribution is -2.51. The Morgan fingerprint density at radius 1 is 0.980 bits per heavy atom. The van der Waals surface area contributed by atoms with Gasteiger partial charge in [-0.3, -0.25) is 14.0 Å². The Morgan fingerprint density at radius 2 is 1.69 bits per heavy atom. The number of hydrogen-bond donors (Lipinski definition) is 4. The number of nitrogens with one attached hydrogen (secondary N) is 3. The molecular formula is C39H40Cl2N6O4. The lowest BCUT2D eigenvalue weighted by atomic mass is 9.77. The highest BCUT2D eigenvalue weighted by molar-refractivity contribution is 6.39. The van der Waals surface area contributed by atoms with Gasteiger partial charge in [-0.2, -0.15) is 0 Å². The fourth-order valence-corrected chi connectivity index (χ4v) is 7.80. The number of ether oxygens (including phenoxy) is 1. The number of hydrogen-bond acceptors (Lipinski definition) is 8. The third-order valence-corrected chi connectivity index (χ3v) is 10.6. The van der Waals surface area contributed by atoms with Crippen molar-refractivity contribution >= 4 is 34.8 Å². The highest BCUT2D eigenvalue weighted by Gasteiger charge is 2.38. The van der Waals surface area contributed by atoms with E-state index < -0.39 is 5.60 Å². The number of aromatic nitrogens is 3. The molecule has 7 rings (SSSR count). The Morgan fingerprint density at radius 3 is 2.37 bits per heavy atom. The van der Waals surface area contributed by atoms with Crippen molar-refractivity contribution in [3.8, 4) is 39.4 Å². The Labute approximate surface area is 306 Å². The SMILES string of the molecule is COc1nc(-c2cccc(-c3cccc(-c4cc(C)n5c(=O)c(CNC6CC(C)(O)C6)cnc5c4)c3Cl)c2Cl)ccc1CNC[C@@H]1CCC(=O)N1. The molecule has 5 aromatic rings. The second kappa shape index (κ2) is 14.4. The Kier molecular flexibility index (Phi) is 9.88. The molecule has 4 heterocycles. The van der Waals surface area contributed by atoms with Crippen LogP contribution in [0.3, 0.4) is 0 Å². The number of benzene rings is 2. The van der Waals surface area contributed by atoms with E-state index in [1.54, 1.807) is 17.7 Å². The summed E-state index contributed by atoms with van der Waals surface area (Å²) in [7, 11) is 1.59. The van der Waals surface area contributed by atoms with Crippen LogP contribution >= 0.6 is 23.2 Å². The van der Waals surface area contributed by atoms with Gasteiger partial charge in [0.25, 0.3) is 5.56 Å². The number of nitrogens with zero attached hydrogens (tertiary/aromatic N) is 3. The zero-order valence-corrected chi connectivity index (χ0v) is 30.2. The normalized spacial score (nSPS) is 20.0. The Bertz CT molecular complexity index is 2200. The summed E-state index contributed by atoms with van der Waals surface area (Å²) < 4.78 is 7.27. The van der Waals surface area contributed by atoms with Gasteiger partial charge in [-0.15, -0.1) is 0 Å². The molecule has 0 bridgehead atoms. The molecule has 51 heavy (non-hydrogen) atoms. The van der Waals surface area contributed by atoms with Gasteiger partial charge in [0.15, 0.2) is 0 Å². The van der Waals surface area contributed by atoms with Crippen molar-refractivity contribution in [3.05, 3.63) is 104 Å². The van der Waals surface area contributed by atoms with Gasteiger partial charge in [0.1, 0.15) is 5.65 Å². The molecule has 0 spiro atoms. The van der Waals surface area contributed by atoms with Crippen molar-refractivity contribution in [3.63, 3.8) is 0 Å². The number of carbonyl (C=O) groups excluding carboxylic acids is 1. The summed E-state index contributed by atoms with van der Waals surface area (Å²) in [5.41, 5.74) is 6.48. The van der Waals surface area contributed by atoms with Crippen LogP contribution in [0.2, 0.25) is 10.0 Å². The average Bonchev–Trinajstić information content (AvgIpc) is 3.51. The summed E-state index contributed by atoms with van der Waals surface area (Å²) in [6.45, 7) is 5.31. The molecule has 264 valence electrons. The summed E-state index contributed by atoms with van der Waals surface area (Å²) in [6.07, 6.45) is 4.34. The van der Waals surface area contributed by atoms with Gasteiger partial charge in [-0.25, -0.2) is 9.97 Å². The maximum absolute atomic E-state index is 13.5. The predicted octanol–water partition coefficient (Wildman–Crippen LogP) is 6.09. The third kappa shape index (κ3) is 7.24. The summed E-state index contributed by atoms with van der Waals surface area (Å²) in [4.78, 5) is 34.4. The minimum atomic E-state index is -0.637. The van der Waals surface area contributed by atoms with Crippen LogP contribution in [0.25, 0.3) is 39.2 Å². The van der Waals surface area contributed by atoms with Gasteiger partial charge in [0, 0.05) is 77.8 Å². The molecule has 4 N–H and O–H groups in total. The lowest BCUT2D eigenvalue weighted by Gasteiger charge is -2.41. The number of carbonyl (C=O) groups is 1. The van der Waals surface area contributed by atoms with Gasteiger partial charge in [0.05, 0.1) is 34.0 Å². The topological polar surface area (TPSA) is 130 Å². The van der Waals surface area contributed by atoms with E-state index in [9.17, 15) is 14.7 Å². The van der Waals surface area contributed by atoms with Gasteiger partial charge >= 0.3 is 0 Å². The molecule has 3 aromatic heterocycles. The van der Waals surface area contributed by atoms with E-state index in [0.29, 0.717) is 71.7 Å². The molecule has 1 saturated heterocycles. The number of rotatable bonds is 11. The van der Waals surface area contributed by atoms with Crippen LogP contribution in [0.1, 0.15) is 49.4 Å². The van der Waals surface area contributed by atoms with Crippen molar-refractivity contribution in [1.82, 2.24) is 30.3 Å². The van der Waals surface area contributed by atoms with Crippen molar-refractivity contribution in [2.45, 2.75) is 70.3 Å². The fourth-order valence-electron chi connectivity index (χ4n) is 7.14. The fraction of sp³-hybridized carbons (Fsp3) is 0.333. The number of methoxy groups -OCH3 is 1. The van der Waals surface area contributed by atoms with Crippen LogP contribution < -0.4 is 26.2 Å². The monoisotopic (exact) mass is 726 g/mol. The van der Waals surface area contributed by atoms with Crippen LogP contribution in [0.5, 0.6) is 5.88 Å². The summed E-state index contributed by atoms with van der Waals surface area (Å²) in [5, 5.41) is 20.8. The molecule has 0 radical (unpaired) electrons. The predicted molar refractivity (Wildman–Crippen MR) is 200 cm³/mol. The van der Waals surface area contributed by atoms with E-state index in [-0.39, 0.29) is 23.6 Å². The van der Waals surface area contributed by atoms with Gasteiger partial charge in [-0.05, 0) is 56.9 Å². The minimum Gasteiger partial charge on any atom is -0.481 e. The summed E-state index contributed by atoms with van der Waals surface area (Å²) >= 11 is 14.3. The quantitative estimate of drug-likeness (QED) is 0.129. The first-order valence-corrected chi connectivity index (χ1v) is 17.9. The molecule has 2 aliphatic rings. The first kappa shape index (κ1) is 35.1. The maximum Gasteiger partial charge on any atom is 0.262 e. The van der Waals surface area contributed by atoms with E-state index in [1.807, 2.05) is 74.5 Å². The number of fused-ring (bicyclic) bond motifs is 1. The summed E-state index contributed by atoms with van der Waals surface area (Å²) in [6, 6.07) is 19.6. The van der Waals surface area contributed by atoms with Crippen LogP contribution in [0, 0.1) is 6.92 Å².